The van der Waals surface area contributed by atoms with Crippen LogP contribution in [0.5, 0.6) is 0 Å². The summed E-state index contributed by atoms with van der Waals surface area (Å²) in [6.07, 6.45) is 0.882. The Hall–Kier alpha value is -0.970. The van der Waals surface area contributed by atoms with Crippen LogP contribution in [0, 0.1) is 5.82 Å². The summed E-state index contributed by atoms with van der Waals surface area (Å²) in [7, 11) is 0. The largest absolute Gasteiger partial charge is 0.310 e. The van der Waals surface area contributed by atoms with Gasteiger partial charge in [0, 0.05) is 29.4 Å². The maximum absolute atomic E-state index is 12.9. The fraction of sp³-hybridized carbons (Fsp3) is 0.308. The van der Waals surface area contributed by atoms with Crippen LogP contribution in [0.3, 0.4) is 0 Å². The Balaban J connectivity index is 1.89. The number of thiazole rings is 1. The molecule has 0 amide bonds. The molecule has 2 rings (SSSR count). The number of halogens is 2. The van der Waals surface area contributed by atoms with Crippen LogP contribution in [-0.2, 0) is 6.42 Å². The second-order valence-electron chi connectivity index (χ2n) is 4.07. The van der Waals surface area contributed by atoms with E-state index in [1.54, 1.807) is 17.4 Å². The van der Waals surface area contributed by atoms with E-state index in [4.69, 9.17) is 11.6 Å². The Morgan fingerprint density at radius 3 is 3.00 bits per heavy atom. The van der Waals surface area contributed by atoms with Crippen LogP contribution < -0.4 is 5.32 Å². The molecule has 0 fully saturated rings. The Kier molecular flexibility index (Phi) is 4.69. The van der Waals surface area contributed by atoms with Crippen molar-refractivity contribution >= 4 is 22.9 Å². The van der Waals surface area contributed by atoms with Gasteiger partial charge >= 0.3 is 0 Å². The molecule has 1 atom stereocenters. The smallest absolute Gasteiger partial charge is 0.124 e. The molecule has 0 aliphatic heterocycles. The van der Waals surface area contributed by atoms with Crippen molar-refractivity contribution in [3.05, 3.63) is 51.2 Å². The molecule has 1 unspecified atom stereocenters. The summed E-state index contributed by atoms with van der Waals surface area (Å²) in [6.45, 7) is 2.83. The number of benzene rings is 1. The van der Waals surface area contributed by atoms with E-state index >= 15 is 0 Å². The molecule has 1 N–H and O–H groups in total. The van der Waals surface area contributed by atoms with Gasteiger partial charge in [0.15, 0.2) is 0 Å². The standard InChI is InChI=1S/C13H14ClFN2S/c1-9(12-3-2-10(15)6-13(12)14)16-5-4-11-7-18-8-17-11/h2-3,6-9,16H,4-5H2,1H3. The molecule has 0 aliphatic rings. The van der Waals surface area contributed by atoms with Crippen LogP contribution in [0.2, 0.25) is 5.02 Å². The molecule has 0 spiro atoms. The van der Waals surface area contributed by atoms with Gasteiger partial charge in [-0.25, -0.2) is 9.37 Å². The highest BCUT2D eigenvalue weighted by atomic mass is 35.5. The molecule has 1 aromatic carbocycles. The second kappa shape index (κ2) is 6.27. The molecule has 2 aromatic rings. The zero-order chi connectivity index (χ0) is 13.0. The average Bonchev–Trinajstić information content (AvgIpc) is 2.81. The summed E-state index contributed by atoms with van der Waals surface area (Å²) in [5, 5.41) is 5.86. The topological polar surface area (TPSA) is 24.9 Å². The van der Waals surface area contributed by atoms with Gasteiger partial charge in [0.05, 0.1) is 11.2 Å². The van der Waals surface area contributed by atoms with E-state index < -0.39 is 0 Å². The molecule has 0 saturated carbocycles. The highest BCUT2D eigenvalue weighted by Gasteiger charge is 2.09. The van der Waals surface area contributed by atoms with Crippen LogP contribution in [-0.4, -0.2) is 11.5 Å². The van der Waals surface area contributed by atoms with Crippen molar-refractivity contribution in [2.75, 3.05) is 6.54 Å². The minimum atomic E-state index is -0.307. The van der Waals surface area contributed by atoms with E-state index in [2.05, 4.69) is 10.3 Å². The third kappa shape index (κ3) is 3.51. The predicted molar refractivity (Wildman–Crippen MR) is 73.6 cm³/mol. The summed E-state index contributed by atoms with van der Waals surface area (Å²) in [5.74, 6) is -0.307. The first-order chi connectivity index (χ1) is 8.66. The summed E-state index contributed by atoms with van der Waals surface area (Å²) in [4.78, 5) is 4.22. The predicted octanol–water partition coefficient (Wildman–Crippen LogP) is 3.83. The number of nitrogens with one attached hydrogen (secondary N) is 1. The summed E-state index contributed by atoms with van der Waals surface area (Å²) in [6, 6.07) is 4.59. The second-order valence-corrected chi connectivity index (χ2v) is 5.20. The van der Waals surface area contributed by atoms with E-state index in [-0.39, 0.29) is 11.9 Å². The van der Waals surface area contributed by atoms with Crippen molar-refractivity contribution in [1.82, 2.24) is 10.3 Å². The first-order valence-corrected chi connectivity index (χ1v) is 7.04. The minimum Gasteiger partial charge on any atom is -0.310 e. The summed E-state index contributed by atoms with van der Waals surface area (Å²) < 4.78 is 12.9. The van der Waals surface area contributed by atoms with Crippen molar-refractivity contribution in [2.45, 2.75) is 19.4 Å². The molecule has 0 bridgehead atoms. The molecule has 18 heavy (non-hydrogen) atoms. The molecule has 2 nitrogen and oxygen atoms in total. The highest BCUT2D eigenvalue weighted by molar-refractivity contribution is 7.07. The van der Waals surface area contributed by atoms with Gasteiger partial charge in [-0.3, -0.25) is 0 Å². The van der Waals surface area contributed by atoms with Gasteiger partial charge in [0.2, 0.25) is 0 Å². The molecular formula is C13H14ClFN2S. The van der Waals surface area contributed by atoms with Crippen molar-refractivity contribution in [2.24, 2.45) is 0 Å². The molecule has 5 heteroatoms. The van der Waals surface area contributed by atoms with Gasteiger partial charge in [-0.05, 0) is 24.6 Å². The Labute approximate surface area is 115 Å². The number of nitrogens with zero attached hydrogens (tertiary/aromatic N) is 1. The van der Waals surface area contributed by atoms with Crippen LogP contribution in [0.4, 0.5) is 4.39 Å². The van der Waals surface area contributed by atoms with Gasteiger partial charge < -0.3 is 5.32 Å². The van der Waals surface area contributed by atoms with Crippen LogP contribution in [0.25, 0.3) is 0 Å². The number of rotatable bonds is 5. The quantitative estimate of drug-likeness (QED) is 0.903. The number of hydrogen-bond donors (Lipinski definition) is 1. The lowest BCUT2D eigenvalue weighted by atomic mass is 10.1. The third-order valence-electron chi connectivity index (χ3n) is 2.74. The van der Waals surface area contributed by atoms with Gasteiger partial charge in [-0.1, -0.05) is 17.7 Å². The molecule has 0 aliphatic carbocycles. The maximum atomic E-state index is 12.9. The normalized spacial score (nSPS) is 12.6. The van der Waals surface area contributed by atoms with Gasteiger partial charge in [-0.2, -0.15) is 0 Å². The molecule has 0 saturated heterocycles. The Bertz CT molecular complexity index is 502. The Morgan fingerprint density at radius 1 is 1.50 bits per heavy atom. The molecule has 1 heterocycles. The average molecular weight is 285 g/mol. The lowest BCUT2D eigenvalue weighted by Gasteiger charge is -2.15. The van der Waals surface area contributed by atoms with Crippen molar-refractivity contribution < 1.29 is 4.39 Å². The lowest BCUT2D eigenvalue weighted by Crippen LogP contribution is -2.21. The van der Waals surface area contributed by atoms with Crippen molar-refractivity contribution in [3.8, 4) is 0 Å². The fourth-order valence-corrected chi connectivity index (χ4v) is 2.66. The van der Waals surface area contributed by atoms with E-state index in [0.29, 0.717) is 5.02 Å². The third-order valence-corrected chi connectivity index (χ3v) is 3.71. The minimum absolute atomic E-state index is 0.0942. The molecular weight excluding hydrogens is 271 g/mol. The van der Waals surface area contributed by atoms with Crippen LogP contribution in [0.15, 0.2) is 29.1 Å². The monoisotopic (exact) mass is 284 g/mol. The maximum Gasteiger partial charge on any atom is 0.124 e. The highest BCUT2D eigenvalue weighted by Crippen LogP contribution is 2.23. The number of aromatic nitrogens is 1. The molecule has 0 radical (unpaired) electrons. The zero-order valence-electron chi connectivity index (χ0n) is 9.99. The fourth-order valence-electron chi connectivity index (χ4n) is 1.74. The SMILES string of the molecule is CC(NCCc1cscn1)c1ccc(F)cc1Cl. The lowest BCUT2D eigenvalue weighted by molar-refractivity contribution is 0.571. The number of hydrogen-bond acceptors (Lipinski definition) is 3. The Morgan fingerprint density at radius 2 is 2.33 bits per heavy atom. The summed E-state index contributed by atoms with van der Waals surface area (Å²) >= 11 is 7.61. The summed E-state index contributed by atoms with van der Waals surface area (Å²) in [5.41, 5.74) is 3.83. The van der Waals surface area contributed by atoms with Gasteiger partial charge in [0.25, 0.3) is 0 Å². The van der Waals surface area contributed by atoms with Gasteiger partial charge in [0.1, 0.15) is 5.82 Å². The van der Waals surface area contributed by atoms with Gasteiger partial charge in [-0.15, -0.1) is 11.3 Å². The van der Waals surface area contributed by atoms with Crippen LogP contribution in [0.1, 0.15) is 24.2 Å². The van der Waals surface area contributed by atoms with E-state index in [9.17, 15) is 4.39 Å². The van der Waals surface area contributed by atoms with E-state index in [0.717, 1.165) is 24.2 Å². The van der Waals surface area contributed by atoms with Crippen LogP contribution >= 0.6 is 22.9 Å². The van der Waals surface area contributed by atoms with E-state index in [1.807, 2.05) is 17.8 Å². The first-order valence-electron chi connectivity index (χ1n) is 5.72. The molecule has 1 aromatic heterocycles. The van der Waals surface area contributed by atoms with Crippen molar-refractivity contribution in [1.29, 1.82) is 0 Å². The zero-order valence-corrected chi connectivity index (χ0v) is 11.6. The molecule has 96 valence electrons. The van der Waals surface area contributed by atoms with E-state index in [1.165, 1.54) is 12.1 Å². The first kappa shape index (κ1) is 13.5. The van der Waals surface area contributed by atoms with Crippen molar-refractivity contribution in [3.63, 3.8) is 0 Å².